The molecule has 8 heavy (non-hydrogen) atoms. The van der Waals surface area contributed by atoms with Crippen molar-refractivity contribution in [2.24, 2.45) is 0 Å². The quantitative estimate of drug-likeness (QED) is 0.569. The van der Waals surface area contributed by atoms with E-state index in [1.165, 1.54) is 0 Å². The number of hydrogen-bond acceptors (Lipinski definition) is 1. The molecule has 0 spiro atoms. The third-order valence-corrected chi connectivity index (χ3v) is 1.04. The number of alkyl halides is 2. The van der Waals surface area contributed by atoms with Crippen LogP contribution in [0.2, 0.25) is 0 Å². The number of halogens is 2. The number of carboxylic acid groups (broad SMARTS) is 1. The molecule has 0 aromatic heterocycles. The fourth-order valence-corrected chi connectivity index (χ4v) is 0.0660. The van der Waals surface area contributed by atoms with Crippen LogP contribution in [0.4, 0.5) is 4.39 Å². The van der Waals surface area contributed by atoms with Crippen molar-refractivity contribution in [1.82, 2.24) is 0 Å². The predicted molar refractivity (Wildman–Crippen MR) is 26.3 cm³/mol. The van der Waals surface area contributed by atoms with Crippen LogP contribution in [-0.4, -0.2) is 22.6 Å². The van der Waals surface area contributed by atoms with Gasteiger partial charge in [-0.25, -0.2) is 4.39 Å². The van der Waals surface area contributed by atoms with Crippen LogP contribution in [0.3, 0.4) is 0 Å². The Kier molecular flexibility index (Phi) is 7.98. The van der Waals surface area contributed by atoms with Crippen molar-refractivity contribution in [1.29, 1.82) is 0 Å². The number of hydrogen-bond donors (Lipinski definition) is 1. The van der Waals surface area contributed by atoms with Gasteiger partial charge in [0.15, 0.2) is 0 Å². The minimum Gasteiger partial charge on any atom is -0.480 e. The van der Waals surface area contributed by atoms with E-state index in [0.29, 0.717) is 0 Å². The van der Waals surface area contributed by atoms with Gasteiger partial charge in [-0.2, -0.15) is 0 Å². The molecule has 0 aromatic rings. The predicted octanol–water partition coefficient (Wildman–Crippen LogP) is 0.801. The molecule has 1 unspecified atom stereocenters. The summed E-state index contributed by atoms with van der Waals surface area (Å²) in [5, 5.41) is 7.90. The summed E-state index contributed by atoms with van der Waals surface area (Å²) in [5.41, 5.74) is 0. The van der Waals surface area contributed by atoms with Gasteiger partial charge in [0.2, 0.25) is 0 Å². The summed E-state index contributed by atoms with van der Waals surface area (Å²) in [4.78, 5) is 8.61. The van der Waals surface area contributed by atoms with Gasteiger partial charge in [0, 0.05) is 19.5 Å². The van der Waals surface area contributed by atoms with Crippen LogP contribution in [0.15, 0.2) is 0 Å². The van der Waals surface area contributed by atoms with Crippen molar-refractivity contribution in [3.05, 3.63) is 0 Å². The summed E-state index contributed by atoms with van der Waals surface area (Å²) < 4.78 is 11.2. The van der Waals surface area contributed by atoms with Crippen molar-refractivity contribution in [3.8, 4) is 0 Å². The van der Waals surface area contributed by atoms with Gasteiger partial charge in [-0.05, 0) is 0 Å². The van der Waals surface area contributed by atoms with Gasteiger partial charge in [0.25, 0.3) is 0 Å². The van der Waals surface area contributed by atoms with Crippen LogP contribution in [0, 0.1) is 0 Å². The molecule has 0 aliphatic heterocycles. The zero-order chi connectivity index (χ0) is 5.86. The Balaban J connectivity index is 0. The maximum Gasteiger partial charge on any atom is 0.319 e. The third-order valence-electron chi connectivity index (χ3n) is 0.403. The summed E-state index contributed by atoms with van der Waals surface area (Å²) in [6.45, 7) is -0.866. The van der Waals surface area contributed by atoms with Gasteiger partial charge >= 0.3 is 5.97 Å². The Hall–Kier alpha value is 0.503. The van der Waals surface area contributed by atoms with E-state index in [1.807, 2.05) is 0 Å². The van der Waals surface area contributed by atoms with Crippen molar-refractivity contribution in [2.45, 2.75) is 4.83 Å². The molecule has 0 amide bonds. The number of carboxylic acids is 1. The minimum atomic E-state index is -1.16. The van der Waals surface area contributed by atoms with Crippen molar-refractivity contribution >= 4 is 21.9 Å². The molecular formula is C3H4BrFO2Zn. The van der Waals surface area contributed by atoms with E-state index in [4.69, 9.17) is 5.11 Å². The Bertz CT molecular complexity index is 79.7. The summed E-state index contributed by atoms with van der Waals surface area (Å²) in [7, 11) is 0. The summed E-state index contributed by atoms with van der Waals surface area (Å²) in [5.74, 6) is -1.16. The summed E-state index contributed by atoms with van der Waals surface area (Å²) >= 11 is 2.57. The molecule has 0 radical (unpaired) electrons. The van der Waals surface area contributed by atoms with Crippen molar-refractivity contribution in [2.75, 3.05) is 6.67 Å². The normalized spacial score (nSPS) is 11.8. The smallest absolute Gasteiger partial charge is 0.319 e. The average molecular weight is 236 g/mol. The van der Waals surface area contributed by atoms with Crippen LogP contribution < -0.4 is 0 Å². The van der Waals surface area contributed by atoms with Gasteiger partial charge in [-0.1, -0.05) is 15.9 Å². The Morgan fingerprint density at radius 1 is 1.88 bits per heavy atom. The molecule has 0 aliphatic carbocycles. The summed E-state index contributed by atoms with van der Waals surface area (Å²) in [6, 6.07) is 0. The average Bonchev–Trinajstić information content (AvgIpc) is 1.65. The molecule has 0 saturated heterocycles. The fourth-order valence-electron chi connectivity index (χ4n) is 0.0660. The molecule has 0 saturated carbocycles. The second-order valence-corrected chi connectivity index (χ2v) is 2.07. The van der Waals surface area contributed by atoms with E-state index >= 15 is 0 Å². The molecule has 0 aliphatic rings. The van der Waals surface area contributed by atoms with Gasteiger partial charge in [-0.3, -0.25) is 4.79 Å². The molecule has 0 aromatic carbocycles. The monoisotopic (exact) mass is 234 g/mol. The maximum atomic E-state index is 11.2. The van der Waals surface area contributed by atoms with Gasteiger partial charge < -0.3 is 5.11 Å². The second kappa shape index (κ2) is 5.64. The maximum absolute atomic E-state index is 11.2. The van der Waals surface area contributed by atoms with E-state index in [0.717, 1.165) is 0 Å². The molecular weight excluding hydrogens is 232 g/mol. The van der Waals surface area contributed by atoms with Crippen molar-refractivity contribution < 1.29 is 33.8 Å². The first-order valence-electron chi connectivity index (χ1n) is 1.61. The molecule has 0 fully saturated rings. The summed E-state index contributed by atoms with van der Waals surface area (Å²) in [6.07, 6.45) is 0. The first kappa shape index (κ1) is 11.3. The molecule has 5 heteroatoms. The van der Waals surface area contributed by atoms with Crippen LogP contribution in [0.1, 0.15) is 0 Å². The van der Waals surface area contributed by atoms with Gasteiger partial charge in [0.05, 0.1) is 0 Å². The third kappa shape index (κ3) is 4.66. The first-order valence-corrected chi connectivity index (χ1v) is 2.53. The van der Waals surface area contributed by atoms with E-state index in [1.54, 1.807) is 0 Å². The second-order valence-electron chi connectivity index (χ2n) is 0.960. The molecule has 0 rings (SSSR count). The fraction of sp³-hybridized carbons (Fsp3) is 0.667. The number of rotatable bonds is 2. The van der Waals surface area contributed by atoms with Crippen LogP contribution >= 0.6 is 15.9 Å². The molecule has 0 bridgehead atoms. The Morgan fingerprint density at radius 3 is 2.25 bits per heavy atom. The Morgan fingerprint density at radius 2 is 2.25 bits per heavy atom. The zero-order valence-corrected chi connectivity index (χ0v) is 8.66. The zero-order valence-electron chi connectivity index (χ0n) is 4.10. The van der Waals surface area contributed by atoms with Gasteiger partial charge in [0.1, 0.15) is 11.5 Å². The van der Waals surface area contributed by atoms with E-state index < -0.39 is 17.5 Å². The number of carbonyl (C=O) groups is 1. The molecule has 1 atom stereocenters. The standard InChI is InChI=1S/C3H4BrFO2.Zn/c4-2(1-5)3(6)7;/h2H,1H2,(H,6,7);. The molecule has 1 N–H and O–H groups in total. The van der Waals surface area contributed by atoms with Crippen molar-refractivity contribution in [3.63, 3.8) is 0 Å². The van der Waals surface area contributed by atoms with E-state index in [2.05, 4.69) is 15.9 Å². The largest absolute Gasteiger partial charge is 0.480 e. The topological polar surface area (TPSA) is 37.3 Å². The molecule has 2 nitrogen and oxygen atoms in total. The Labute approximate surface area is 67.3 Å². The van der Waals surface area contributed by atoms with Crippen LogP contribution in [0.25, 0.3) is 0 Å². The van der Waals surface area contributed by atoms with E-state index in [9.17, 15) is 9.18 Å². The van der Waals surface area contributed by atoms with E-state index in [-0.39, 0.29) is 19.5 Å². The molecule has 44 valence electrons. The van der Waals surface area contributed by atoms with Gasteiger partial charge in [-0.15, -0.1) is 0 Å². The number of aliphatic carboxylic acids is 1. The SMILES string of the molecule is O=C(O)C(Br)CF.[Zn]. The van der Waals surface area contributed by atoms with Crippen LogP contribution in [-0.2, 0) is 24.3 Å². The minimum absolute atomic E-state index is 0. The molecule has 0 heterocycles. The van der Waals surface area contributed by atoms with Crippen LogP contribution in [0.5, 0.6) is 0 Å². The first-order chi connectivity index (χ1) is 3.18.